The molecule has 1 atom stereocenters. The van der Waals surface area contributed by atoms with Crippen LogP contribution in [-0.4, -0.2) is 60.8 Å². The molecule has 132 valence electrons. The lowest BCUT2D eigenvalue weighted by Gasteiger charge is -2.42. The highest BCUT2D eigenvalue weighted by molar-refractivity contribution is 5.67. The molecule has 2 saturated heterocycles. The lowest BCUT2D eigenvalue weighted by molar-refractivity contribution is 0.0667. The Kier molecular flexibility index (Phi) is 5.96. The number of likely N-dealkylation sites (tertiary alicyclic amines) is 2. The van der Waals surface area contributed by atoms with Crippen LogP contribution in [0.1, 0.15) is 32.6 Å². The van der Waals surface area contributed by atoms with E-state index in [1.54, 1.807) is 0 Å². The van der Waals surface area contributed by atoms with Crippen LogP contribution in [0.4, 0.5) is 10.5 Å². The molecule has 0 aromatic heterocycles. The van der Waals surface area contributed by atoms with Gasteiger partial charge in [-0.3, -0.25) is 4.90 Å². The van der Waals surface area contributed by atoms with E-state index in [1.807, 2.05) is 11.8 Å². The van der Waals surface area contributed by atoms with E-state index in [2.05, 4.69) is 40.5 Å². The van der Waals surface area contributed by atoms with Gasteiger partial charge in [0.15, 0.2) is 0 Å². The van der Waals surface area contributed by atoms with E-state index in [0.717, 1.165) is 32.5 Å². The summed E-state index contributed by atoms with van der Waals surface area (Å²) in [5.74, 6) is 0. The van der Waals surface area contributed by atoms with E-state index >= 15 is 0 Å². The highest BCUT2D eigenvalue weighted by Gasteiger charge is 2.30. The number of hydrogen-bond acceptors (Lipinski definition) is 4. The minimum absolute atomic E-state index is 0.154. The number of rotatable bonds is 4. The third-order valence-electron chi connectivity index (χ3n) is 5.10. The molecule has 2 heterocycles. The maximum atomic E-state index is 11.8. The molecule has 0 aliphatic carbocycles. The van der Waals surface area contributed by atoms with E-state index in [0.29, 0.717) is 18.7 Å². The number of nitrogens with zero attached hydrogens (tertiary/aromatic N) is 2. The Morgan fingerprint density at radius 2 is 1.92 bits per heavy atom. The number of piperidine rings is 2. The Morgan fingerprint density at radius 1 is 1.17 bits per heavy atom. The Hall–Kier alpha value is -1.75. The lowest BCUT2D eigenvalue weighted by Crippen LogP contribution is -2.51. The molecule has 5 heteroatoms. The molecule has 1 unspecified atom stereocenters. The number of benzene rings is 1. The number of nitrogens with one attached hydrogen (secondary N) is 1. The molecule has 3 rings (SSSR count). The minimum Gasteiger partial charge on any atom is -0.450 e. The highest BCUT2D eigenvalue weighted by Crippen LogP contribution is 2.23. The number of para-hydroxylation sites is 1. The van der Waals surface area contributed by atoms with Gasteiger partial charge in [-0.2, -0.15) is 0 Å². The molecular weight excluding hydrogens is 302 g/mol. The summed E-state index contributed by atoms with van der Waals surface area (Å²) in [6.07, 6.45) is 4.42. The molecule has 24 heavy (non-hydrogen) atoms. The maximum Gasteiger partial charge on any atom is 0.409 e. The van der Waals surface area contributed by atoms with Crippen molar-refractivity contribution in [1.82, 2.24) is 9.80 Å². The summed E-state index contributed by atoms with van der Waals surface area (Å²) in [6, 6.07) is 11.6. The summed E-state index contributed by atoms with van der Waals surface area (Å²) < 4.78 is 5.11. The molecule has 0 radical (unpaired) electrons. The second-order valence-corrected chi connectivity index (χ2v) is 6.76. The number of ether oxygens (including phenoxy) is 1. The second-order valence-electron chi connectivity index (χ2n) is 6.76. The van der Waals surface area contributed by atoms with E-state index < -0.39 is 0 Å². The van der Waals surface area contributed by atoms with Crippen molar-refractivity contribution in [3.05, 3.63) is 30.3 Å². The summed E-state index contributed by atoms with van der Waals surface area (Å²) in [4.78, 5) is 16.3. The van der Waals surface area contributed by atoms with Crippen molar-refractivity contribution in [3.63, 3.8) is 0 Å². The van der Waals surface area contributed by atoms with E-state index in [-0.39, 0.29) is 6.09 Å². The smallest absolute Gasteiger partial charge is 0.409 e. The molecule has 0 bridgehead atoms. The first-order valence-corrected chi connectivity index (χ1v) is 9.23. The Balaban J connectivity index is 1.48. The molecule has 0 saturated carbocycles. The normalized spacial score (nSPS) is 23.0. The van der Waals surface area contributed by atoms with Gasteiger partial charge in [0.05, 0.1) is 6.61 Å². The van der Waals surface area contributed by atoms with Crippen LogP contribution in [0.3, 0.4) is 0 Å². The zero-order chi connectivity index (χ0) is 16.8. The second kappa shape index (κ2) is 8.38. The number of anilines is 1. The van der Waals surface area contributed by atoms with E-state index in [9.17, 15) is 4.79 Å². The fraction of sp³-hybridized carbons (Fsp3) is 0.632. The quantitative estimate of drug-likeness (QED) is 0.920. The van der Waals surface area contributed by atoms with Gasteiger partial charge in [-0.1, -0.05) is 18.2 Å². The van der Waals surface area contributed by atoms with E-state index in [4.69, 9.17) is 4.74 Å². The largest absolute Gasteiger partial charge is 0.450 e. The third-order valence-corrected chi connectivity index (χ3v) is 5.10. The summed E-state index contributed by atoms with van der Waals surface area (Å²) >= 11 is 0. The van der Waals surface area contributed by atoms with Gasteiger partial charge in [0.25, 0.3) is 0 Å². The predicted molar refractivity (Wildman–Crippen MR) is 96.3 cm³/mol. The zero-order valence-electron chi connectivity index (χ0n) is 14.6. The van der Waals surface area contributed by atoms with Crippen molar-refractivity contribution in [2.75, 3.05) is 38.1 Å². The minimum atomic E-state index is -0.154. The van der Waals surface area contributed by atoms with Crippen molar-refractivity contribution in [1.29, 1.82) is 0 Å². The molecular formula is C19H29N3O2. The summed E-state index contributed by atoms with van der Waals surface area (Å²) in [7, 11) is 0. The van der Waals surface area contributed by atoms with Gasteiger partial charge in [-0.15, -0.1) is 0 Å². The highest BCUT2D eigenvalue weighted by atomic mass is 16.6. The fourth-order valence-electron chi connectivity index (χ4n) is 3.85. The topological polar surface area (TPSA) is 44.8 Å². The van der Waals surface area contributed by atoms with Crippen LogP contribution < -0.4 is 5.32 Å². The summed E-state index contributed by atoms with van der Waals surface area (Å²) in [5, 5.41) is 3.67. The zero-order valence-corrected chi connectivity index (χ0v) is 14.6. The molecule has 1 amide bonds. The third kappa shape index (κ3) is 4.41. The average Bonchev–Trinajstić information content (AvgIpc) is 2.63. The van der Waals surface area contributed by atoms with Crippen molar-refractivity contribution < 1.29 is 9.53 Å². The molecule has 1 aromatic rings. The van der Waals surface area contributed by atoms with Crippen molar-refractivity contribution in [3.8, 4) is 0 Å². The lowest BCUT2D eigenvalue weighted by atomic mass is 9.98. The molecule has 2 aliphatic rings. The van der Waals surface area contributed by atoms with E-state index in [1.165, 1.54) is 25.1 Å². The van der Waals surface area contributed by atoms with Gasteiger partial charge in [-0.05, 0) is 51.3 Å². The van der Waals surface area contributed by atoms with Crippen LogP contribution in [0, 0.1) is 0 Å². The van der Waals surface area contributed by atoms with Gasteiger partial charge in [0, 0.05) is 37.4 Å². The van der Waals surface area contributed by atoms with Crippen LogP contribution in [0.2, 0.25) is 0 Å². The summed E-state index contributed by atoms with van der Waals surface area (Å²) in [5.41, 5.74) is 1.21. The SMILES string of the molecule is CCOC(=O)N1CCC(N2CCCC(Nc3ccccc3)C2)CC1. The number of carbonyl (C=O) groups excluding carboxylic acids is 1. The van der Waals surface area contributed by atoms with Gasteiger partial charge < -0.3 is 15.0 Å². The first-order chi connectivity index (χ1) is 11.8. The number of carbonyl (C=O) groups is 1. The first kappa shape index (κ1) is 17.1. The van der Waals surface area contributed by atoms with Crippen molar-refractivity contribution in [2.45, 2.75) is 44.7 Å². The molecule has 2 fully saturated rings. The molecule has 0 spiro atoms. The van der Waals surface area contributed by atoms with Crippen LogP contribution >= 0.6 is 0 Å². The van der Waals surface area contributed by atoms with Crippen molar-refractivity contribution in [2.24, 2.45) is 0 Å². The standard InChI is InChI=1S/C19H29N3O2/c1-2-24-19(23)21-13-10-18(11-14-21)22-12-6-9-17(15-22)20-16-7-4-3-5-8-16/h3-5,7-8,17-18,20H,2,6,9-15H2,1H3. The van der Waals surface area contributed by atoms with Crippen molar-refractivity contribution >= 4 is 11.8 Å². The first-order valence-electron chi connectivity index (χ1n) is 9.23. The Bertz CT molecular complexity index is 515. The fourth-order valence-corrected chi connectivity index (χ4v) is 3.85. The molecule has 1 N–H and O–H groups in total. The van der Waals surface area contributed by atoms with Crippen LogP contribution in [-0.2, 0) is 4.74 Å². The Morgan fingerprint density at radius 3 is 2.62 bits per heavy atom. The van der Waals surface area contributed by atoms with Crippen LogP contribution in [0.25, 0.3) is 0 Å². The number of hydrogen-bond donors (Lipinski definition) is 1. The predicted octanol–water partition coefficient (Wildman–Crippen LogP) is 3.18. The summed E-state index contributed by atoms with van der Waals surface area (Å²) in [6.45, 7) is 6.22. The van der Waals surface area contributed by atoms with Gasteiger partial charge in [0.2, 0.25) is 0 Å². The van der Waals surface area contributed by atoms with Gasteiger partial charge >= 0.3 is 6.09 Å². The van der Waals surface area contributed by atoms with Crippen LogP contribution in [0.15, 0.2) is 30.3 Å². The molecule has 5 nitrogen and oxygen atoms in total. The maximum absolute atomic E-state index is 11.8. The van der Waals surface area contributed by atoms with Gasteiger partial charge in [0.1, 0.15) is 0 Å². The van der Waals surface area contributed by atoms with Crippen LogP contribution in [0.5, 0.6) is 0 Å². The molecule has 2 aliphatic heterocycles. The van der Waals surface area contributed by atoms with Gasteiger partial charge in [-0.25, -0.2) is 4.79 Å². The monoisotopic (exact) mass is 331 g/mol. The Labute approximate surface area is 145 Å². The number of amides is 1. The molecule has 1 aromatic carbocycles. The average molecular weight is 331 g/mol.